The molecule has 0 amide bonds. The number of hydrogen-bond acceptors (Lipinski definition) is 4. The van der Waals surface area contributed by atoms with Crippen LogP contribution < -0.4 is 9.47 Å². The summed E-state index contributed by atoms with van der Waals surface area (Å²) in [4.78, 5) is 10.4. The highest BCUT2D eigenvalue weighted by Gasteiger charge is 2.34. The number of carbonyl (C=O) groups is 1. The lowest BCUT2D eigenvalue weighted by Gasteiger charge is -2.18. The average molecular weight is 359 g/mol. The van der Waals surface area contributed by atoms with Crippen molar-refractivity contribution >= 4 is 12.0 Å². The first-order valence-corrected chi connectivity index (χ1v) is 7.59. The minimum atomic E-state index is -3.55. The third-order valence-corrected chi connectivity index (χ3v) is 3.22. The van der Waals surface area contributed by atoms with E-state index in [0.29, 0.717) is 11.3 Å². The molecule has 2 aromatic carbocycles. The molecule has 0 heterocycles. The molecule has 1 N–H and O–H groups in total. The number of rotatable bonds is 8. The van der Waals surface area contributed by atoms with Crippen LogP contribution in [0.25, 0.3) is 6.08 Å². The summed E-state index contributed by atoms with van der Waals surface area (Å²) in [5, 5.41) is 17.0. The van der Waals surface area contributed by atoms with Crippen molar-refractivity contribution in [1.82, 2.24) is 0 Å². The van der Waals surface area contributed by atoms with Crippen LogP contribution in [-0.2, 0) is 10.9 Å². The molecule has 0 spiro atoms. The van der Waals surface area contributed by atoms with Gasteiger partial charge in [0.1, 0.15) is 18.1 Å². The maximum atomic E-state index is 14.2. The Morgan fingerprint density at radius 3 is 2.31 bits per heavy atom. The molecule has 0 radical (unpaired) electrons. The standard InChI is InChI=1S/C19H15F2NO4/c20-19(21,15-5-9-16(10-6-15)25-13-1-12-22)26-17-7-2-14(3-8-17)4-11-18(23)24/h2-11H,1,13H2,(H,23,24)/b11-4+. The minimum Gasteiger partial charge on any atom is -0.493 e. The lowest BCUT2D eigenvalue weighted by molar-refractivity contribution is -0.185. The first-order chi connectivity index (χ1) is 12.4. The molecule has 0 bridgehead atoms. The predicted molar refractivity (Wildman–Crippen MR) is 89.8 cm³/mol. The van der Waals surface area contributed by atoms with Gasteiger partial charge in [-0.2, -0.15) is 14.0 Å². The van der Waals surface area contributed by atoms with E-state index in [9.17, 15) is 13.6 Å². The minimum absolute atomic E-state index is 0.0585. The van der Waals surface area contributed by atoms with E-state index in [1.807, 2.05) is 6.07 Å². The maximum Gasteiger partial charge on any atom is 0.426 e. The lowest BCUT2D eigenvalue weighted by Crippen LogP contribution is -2.21. The molecule has 0 saturated carbocycles. The summed E-state index contributed by atoms with van der Waals surface area (Å²) in [6.07, 6.45) is -1.05. The lowest BCUT2D eigenvalue weighted by atomic mass is 10.2. The van der Waals surface area contributed by atoms with Gasteiger partial charge in [-0.15, -0.1) is 0 Å². The molecule has 0 fully saturated rings. The Hall–Kier alpha value is -3.40. The van der Waals surface area contributed by atoms with Gasteiger partial charge in [0.2, 0.25) is 0 Å². The van der Waals surface area contributed by atoms with Crippen LogP contribution in [0.3, 0.4) is 0 Å². The molecule has 26 heavy (non-hydrogen) atoms. The Morgan fingerprint density at radius 1 is 1.12 bits per heavy atom. The fourth-order valence-corrected chi connectivity index (χ4v) is 1.98. The Labute approximate surface area is 148 Å². The largest absolute Gasteiger partial charge is 0.493 e. The number of benzene rings is 2. The van der Waals surface area contributed by atoms with Crippen molar-refractivity contribution in [3.05, 3.63) is 65.7 Å². The summed E-state index contributed by atoms with van der Waals surface area (Å²) in [6.45, 7) is 0.186. The molecule has 2 aromatic rings. The van der Waals surface area contributed by atoms with Crippen molar-refractivity contribution in [2.45, 2.75) is 12.5 Å². The number of carboxylic acids is 1. The highest BCUT2D eigenvalue weighted by molar-refractivity contribution is 5.85. The maximum absolute atomic E-state index is 14.2. The summed E-state index contributed by atoms with van der Waals surface area (Å²) in [7, 11) is 0. The Kier molecular flexibility index (Phi) is 6.28. The van der Waals surface area contributed by atoms with Crippen LogP contribution in [0.1, 0.15) is 17.5 Å². The molecular weight excluding hydrogens is 344 g/mol. The highest BCUT2D eigenvalue weighted by Crippen LogP contribution is 2.32. The van der Waals surface area contributed by atoms with Gasteiger partial charge in [0.05, 0.1) is 18.1 Å². The van der Waals surface area contributed by atoms with Crippen molar-refractivity contribution in [2.75, 3.05) is 6.61 Å². The van der Waals surface area contributed by atoms with Crippen LogP contribution >= 0.6 is 0 Å². The molecule has 0 saturated heterocycles. The van der Waals surface area contributed by atoms with Crippen LogP contribution in [0.5, 0.6) is 11.5 Å². The van der Waals surface area contributed by atoms with Crippen molar-refractivity contribution in [1.29, 1.82) is 5.26 Å². The van der Waals surface area contributed by atoms with Crippen LogP contribution in [0, 0.1) is 11.3 Å². The van der Waals surface area contributed by atoms with Gasteiger partial charge in [0.25, 0.3) is 0 Å². The fourth-order valence-electron chi connectivity index (χ4n) is 1.98. The van der Waals surface area contributed by atoms with Gasteiger partial charge >= 0.3 is 12.1 Å². The zero-order valence-corrected chi connectivity index (χ0v) is 13.6. The van der Waals surface area contributed by atoms with Gasteiger partial charge < -0.3 is 14.6 Å². The van der Waals surface area contributed by atoms with E-state index in [1.54, 1.807) is 0 Å². The first-order valence-electron chi connectivity index (χ1n) is 7.59. The number of carboxylic acid groups (broad SMARTS) is 1. The van der Waals surface area contributed by atoms with E-state index in [0.717, 1.165) is 6.08 Å². The quantitative estimate of drug-likeness (QED) is 0.564. The second-order valence-electron chi connectivity index (χ2n) is 5.14. The topological polar surface area (TPSA) is 79.5 Å². The molecule has 0 atom stereocenters. The Balaban J connectivity index is 2.03. The molecule has 0 unspecified atom stereocenters. The van der Waals surface area contributed by atoms with Gasteiger partial charge in [-0.1, -0.05) is 12.1 Å². The number of nitrogens with zero attached hydrogens (tertiary/aromatic N) is 1. The van der Waals surface area contributed by atoms with E-state index in [-0.39, 0.29) is 24.3 Å². The van der Waals surface area contributed by atoms with E-state index in [2.05, 4.69) is 0 Å². The first kappa shape index (κ1) is 18.9. The summed E-state index contributed by atoms with van der Waals surface area (Å²) >= 11 is 0. The average Bonchev–Trinajstić information content (AvgIpc) is 2.61. The van der Waals surface area contributed by atoms with Gasteiger partial charge in [-0.25, -0.2) is 4.79 Å². The van der Waals surface area contributed by atoms with E-state index >= 15 is 0 Å². The predicted octanol–water partition coefficient (Wildman–Crippen LogP) is 4.21. The summed E-state index contributed by atoms with van der Waals surface area (Å²) in [6, 6.07) is 12.6. The number of ether oxygens (including phenoxy) is 2. The normalized spacial score (nSPS) is 11.1. The van der Waals surface area contributed by atoms with Crippen molar-refractivity contribution in [3.63, 3.8) is 0 Å². The number of aliphatic carboxylic acids is 1. The zero-order valence-electron chi connectivity index (χ0n) is 13.6. The second kappa shape index (κ2) is 8.62. The van der Waals surface area contributed by atoms with Crippen LogP contribution in [0.2, 0.25) is 0 Å². The summed E-state index contributed by atoms with van der Waals surface area (Å²) < 4.78 is 38.5. The molecule has 0 aliphatic carbocycles. The van der Waals surface area contributed by atoms with Crippen LogP contribution in [0.4, 0.5) is 8.78 Å². The molecule has 7 heteroatoms. The molecule has 5 nitrogen and oxygen atoms in total. The summed E-state index contributed by atoms with van der Waals surface area (Å²) in [5.41, 5.74) is 0.196. The molecule has 134 valence electrons. The number of hydrogen-bond donors (Lipinski definition) is 1. The molecule has 0 aliphatic heterocycles. The Bertz CT molecular complexity index is 809. The van der Waals surface area contributed by atoms with Crippen molar-refractivity contribution in [2.24, 2.45) is 0 Å². The van der Waals surface area contributed by atoms with E-state index in [4.69, 9.17) is 19.8 Å². The van der Waals surface area contributed by atoms with Crippen molar-refractivity contribution < 1.29 is 28.2 Å². The highest BCUT2D eigenvalue weighted by atomic mass is 19.3. The van der Waals surface area contributed by atoms with E-state index in [1.165, 1.54) is 54.6 Å². The summed E-state index contributed by atoms with van der Waals surface area (Å²) in [5.74, 6) is -0.775. The van der Waals surface area contributed by atoms with Crippen LogP contribution in [-0.4, -0.2) is 17.7 Å². The van der Waals surface area contributed by atoms with E-state index < -0.39 is 12.1 Å². The fraction of sp³-hybridized carbons (Fsp3) is 0.158. The molecule has 2 rings (SSSR count). The third-order valence-electron chi connectivity index (χ3n) is 3.22. The molecule has 0 aliphatic rings. The zero-order chi connectivity index (χ0) is 19.0. The molecule has 0 aromatic heterocycles. The van der Waals surface area contributed by atoms with Crippen LogP contribution in [0.15, 0.2) is 54.6 Å². The van der Waals surface area contributed by atoms with Gasteiger partial charge in [-0.3, -0.25) is 0 Å². The monoisotopic (exact) mass is 359 g/mol. The SMILES string of the molecule is N#CCCOc1ccc(C(F)(F)Oc2ccc(/C=C/C(=O)O)cc2)cc1. The Morgan fingerprint density at radius 2 is 1.73 bits per heavy atom. The van der Waals surface area contributed by atoms with Gasteiger partial charge in [0, 0.05) is 6.08 Å². The number of halogens is 2. The smallest absolute Gasteiger partial charge is 0.426 e. The van der Waals surface area contributed by atoms with Gasteiger partial charge in [-0.05, 0) is 48.0 Å². The number of alkyl halides is 2. The second-order valence-corrected chi connectivity index (χ2v) is 5.14. The molecular formula is C19H15F2NO4. The van der Waals surface area contributed by atoms with Crippen molar-refractivity contribution in [3.8, 4) is 17.6 Å². The number of nitriles is 1. The third kappa shape index (κ3) is 5.60. The van der Waals surface area contributed by atoms with Gasteiger partial charge in [0.15, 0.2) is 0 Å².